The summed E-state index contributed by atoms with van der Waals surface area (Å²) in [6.45, 7) is 3.24. The molecule has 3 atom stereocenters. The smallest absolute Gasteiger partial charge is 0.0596 e. The van der Waals surface area contributed by atoms with Crippen molar-refractivity contribution in [3.63, 3.8) is 0 Å². The molecule has 4 rings (SSSR count). The largest absolute Gasteiger partial charge is 0.395 e. The molecule has 0 spiro atoms. The third kappa shape index (κ3) is 3.07. The predicted octanol–water partition coefficient (Wildman–Crippen LogP) is 4.76. The third-order valence-corrected chi connectivity index (χ3v) is 5.64. The lowest BCUT2D eigenvalue weighted by molar-refractivity contribution is 0.0591. The molecule has 0 aromatic heterocycles. The molecule has 3 aromatic rings. The maximum Gasteiger partial charge on any atom is 0.0596 e. The summed E-state index contributed by atoms with van der Waals surface area (Å²) in [6, 6.07) is 30.2. The van der Waals surface area contributed by atoms with Crippen LogP contribution in [0.25, 0.3) is 0 Å². The van der Waals surface area contributed by atoms with Gasteiger partial charge in [0.15, 0.2) is 0 Å². The van der Waals surface area contributed by atoms with E-state index in [2.05, 4.69) is 96.8 Å². The van der Waals surface area contributed by atoms with Gasteiger partial charge in [-0.3, -0.25) is 4.90 Å². The minimum Gasteiger partial charge on any atom is -0.395 e. The van der Waals surface area contributed by atoms with E-state index in [9.17, 15) is 5.11 Å². The van der Waals surface area contributed by atoms with E-state index >= 15 is 0 Å². The van der Waals surface area contributed by atoms with Crippen LogP contribution in [0, 0.1) is 0 Å². The fourth-order valence-corrected chi connectivity index (χ4v) is 4.36. The van der Waals surface area contributed by atoms with Crippen LogP contribution in [0.4, 0.5) is 0 Å². The zero-order valence-corrected chi connectivity index (χ0v) is 15.1. The van der Waals surface area contributed by atoms with Gasteiger partial charge in [-0.25, -0.2) is 0 Å². The Kier molecular flexibility index (Phi) is 4.87. The molecule has 1 aliphatic rings. The average molecular weight is 343 g/mol. The van der Waals surface area contributed by atoms with Crippen molar-refractivity contribution in [1.82, 2.24) is 4.90 Å². The van der Waals surface area contributed by atoms with E-state index in [0.29, 0.717) is 0 Å². The molecule has 0 amide bonds. The molecule has 2 nitrogen and oxygen atoms in total. The number of rotatable bonds is 4. The standard InChI is InChI=1S/C24H25NO/c1-18-21-14-8-9-15-22(21)24(20-12-6-3-7-13-20)23(17-26)25(18)16-19-10-4-2-5-11-19/h2-15,18,23-24,26H,16-17H2,1H3. The van der Waals surface area contributed by atoms with Crippen LogP contribution >= 0.6 is 0 Å². The molecule has 1 heterocycles. The maximum atomic E-state index is 10.4. The van der Waals surface area contributed by atoms with Gasteiger partial charge >= 0.3 is 0 Å². The molecular formula is C24H25NO. The van der Waals surface area contributed by atoms with Crippen LogP contribution in [0.3, 0.4) is 0 Å². The highest BCUT2D eigenvalue weighted by Gasteiger charge is 2.39. The van der Waals surface area contributed by atoms with Crippen molar-refractivity contribution >= 4 is 0 Å². The van der Waals surface area contributed by atoms with E-state index in [-0.39, 0.29) is 24.6 Å². The Hall–Kier alpha value is -2.42. The Balaban J connectivity index is 1.81. The molecule has 0 fully saturated rings. The molecule has 0 aliphatic carbocycles. The highest BCUT2D eigenvalue weighted by molar-refractivity contribution is 5.43. The van der Waals surface area contributed by atoms with Crippen LogP contribution in [-0.2, 0) is 6.54 Å². The zero-order chi connectivity index (χ0) is 17.9. The van der Waals surface area contributed by atoms with E-state index < -0.39 is 0 Å². The molecule has 1 N–H and O–H groups in total. The number of aliphatic hydroxyl groups is 1. The van der Waals surface area contributed by atoms with Gasteiger partial charge < -0.3 is 5.11 Å². The van der Waals surface area contributed by atoms with Crippen molar-refractivity contribution in [3.8, 4) is 0 Å². The van der Waals surface area contributed by atoms with Gasteiger partial charge in [0.2, 0.25) is 0 Å². The number of nitrogens with zero attached hydrogens (tertiary/aromatic N) is 1. The Bertz CT molecular complexity index is 846. The van der Waals surface area contributed by atoms with Gasteiger partial charge in [-0.15, -0.1) is 0 Å². The lowest BCUT2D eigenvalue weighted by Crippen LogP contribution is -2.47. The third-order valence-electron chi connectivity index (χ3n) is 5.64. The molecule has 0 radical (unpaired) electrons. The van der Waals surface area contributed by atoms with E-state index in [0.717, 1.165) is 6.54 Å². The van der Waals surface area contributed by atoms with Crippen LogP contribution in [0.2, 0.25) is 0 Å². The number of hydrogen-bond donors (Lipinski definition) is 1. The summed E-state index contributed by atoms with van der Waals surface area (Å²) in [7, 11) is 0. The van der Waals surface area contributed by atoms with Crippen LogP contribution in [0.1, 0.15) is 41.1 Å². The minimum atomic E-state index is 0.0579. The summed E-state index contributed by atoms with van der Waals surface area (Å²) in [5, 5.41) is 10.4. The molecule has 26 heavy (non-hydrogen) atoms. The van der Waals surface area contributed by atoms with E-state index in [1.807, 2.05) is 0 Å². The summed E-state index contributed by atoms with van der Waals surface area (Å²) < 4.78 is 0. The van der Waals surface area contributed by atoms with Gasteiger partial charge in [0.25, 0.3) is 0 Å². The van der Waals surface area contributed by atoms with E-state index in [1.165, 1.54) is 22.3 Å². The summed E-state index contributed by atoms with van der Waals surface area (Å²) in [5.41, 5.74) is 5.25. The number of benzene rings is 3. The Morgan fingerprint density at radius 3 is 2.00 bits per heavy atom. The lowest BCUT2D eigenvalue weighted by atomic mass is 9.76. The Labute approximate surface area is 155 Å². The summed E-state index contributed by atoms with van der Waals surface area (Å²) in [6.07, 6.45) is 0. The monoisotopic (exact) mass is 343 g/mol. The predicted molar refractivity (Wildman–Crippen MR) is 106 cm³/mol. The molecule has 3 aromatic carbocycles. The normalized spacial score (nSPS) is 22.8. The Morgan fingerprint density at radius 2 is 1.35 bits per heavy atom. The summed E-state index contributed by atoms with van der Waals surface area (Å²) in [4.78, 5) is 2.45. The molecule has 1 aliphatic heterocycles. The second-order valence-corrected chi connectivity index (χ2v) is 7.10. The van der Waals surface area contributed by atoms with Crippen molar-refractivity contribution in [3.05, 3.63) is 107 Å². The van der Waals surface area contributed by atoms with Gasteiger partial charge in [0.1, 0.15) is 0 Å². The van der Waals surface area contributed by atoms with Gasteiger partial charge in [-0.05, 0) is 29.2 Å². The molecule has 2 heteroatoms. The number of aliphatic hydroxyl groups excluding tert-OH is 1. The first-order valence-corrected chi connectivity index (χ1v) is 9.34. The summed E-state index contributed by atoms with van der Waals surface area (Å²) >= 11 is 0. The molecular weight excluding hydrogens is 318 g/mol. The van der Waals surface area contributed by atoms with Crippen LogP contribution < -0.4 is 0 Å². The average Bonchev–Trinajstić information content (AvgIpc) is 2.71. The maximum absolute atomic E-state index is 10.4. The first-order chi connectivity index (χ1) is 12.8. The van der Waals surface area contributed by atoms with Crippen LogP contribution in [0.5, 0.6) is 0 Å². The van der Waals surface area contributed by atoms with Gasteiger partial charge in [0, 0.05) is 24.5 Å². The highest BCUT2D eigenvalue weighted by Crippen LogP contribution is 2.43. The van der Waals surface area contributed by atoms with Gasteiger partial charge in [0.05, 0.1) is 6.61 Å². The number of fused-ring (bicyclic) bond motifs is 1. The molecule has 3 unspecified atom stereocenters. The lowest BCUT2D eigenvalue weighted by Gasteiger charge is -2.46. The highest BCUT2D eigenvalue weighted by atomic mass is 16.3. The minimum absolute atomic E-state index is 0.0579. The fourth-order valence-electron chi connectivity index (χ4n) is 4.36. The van der Waals surface area contributed by atoms with Crippen LogP contribution in [0.15, 0.2) is 84.9 Å². The number of hydrogen-bond acceptors (Lipinski definition) is 2. The summed E-state index contributed by atoms with van der Waals surface area (Å²) in [5.74, 6) is 0.178. The second-order valence-electron chi connectivity index (χ2n) is 7.10. The van der Waals surface area contributed by atoms with Crippen molar-refractivity contribution in [2.24, 2.45) is 0 Å². The quantitative estimate of drug-likeness (QED) is 0.738. The fraction of sp³-hybridized carbons (Fsp3) is 0.250. The second kappa shape index (κ2) is 7.45. The van der Waals surface area contributed by atoms with Gasteiger partial charge in [-0.1, -0.05) is 84.9 Å². The van der Waals surface area contributed by atoms with Crippen molar-refractivity contribution in [2.45, 2.75) is 31.5 Å². The van der Waals surface area contributed by atoms with Crippen molar-refractivity contribution in [2.75, 3.05) is 6.61 Å². The van der Waals surface area contributed by atoms with Crippen molar-refractivity contribution in [1.29, 1.82) is 0 Å². The van der Waals surface area contributed by atoms with Crippen LogP contribution in [-0.4, -0.2) is 22.7 Å². The first-order valence-electron chi connectivity index (χ1n) is 9.34. The zero-order valence-electron chi connectivity index (χ0n) is 15.1. The SMILES string of the molecule is CC1c2ccccc2C(c2ccccc2)C(CO)N1Cc1ccccc1. The molecule has 0 saturated carbocycles. The topological polar surface area (TPSA) is 23.5 Å². The Morgan fingerprint density at radius 1 is 0.769 bits per heavy atom. The van der Waals surface area contributed by atoms with Crippen molar-refractivity contribution < 1.29 is 5.11 Å². The molecule has 132 valence electrons. The van der Waals surface area contributed by atoms with Gasteiger partial charge in [-0.2, -0.15) is 0 Å². The molecule has 0 saturated heterocycles. The molecule has 0 bridgehead atoms. The van der Waals surface area contributed by atoms with E-state index in [1.54, 1.807) is 0 Å². The first kappa shape index (κ1) is 17.0. The van der Waals surface area contributed by atoms with E-state index in [4.69, 9.17) is 0 Å².